The first-order valence-corrected chi connectivity index (χ1v) is 20.5. The third kappa shape index (κ3) is 17.4. The Kier molecular flexibility index (Phi) is 18.2. The summed E-state index contributed by atoms with van der Waals surface area (Å²) in [5, 5.41) is 13.4. The van der Waals surface area contributed by atoms with Gasteiger partial charge in [0.25, 0.3) is 0 Å². The van der Waals surface area contributed by atoms with Gasteiger partial charge in [0, 0.05) is 38.2 Å². The Labute approximate surface area is 363 Å². The van der Waals surface area contributed by atoms with E-state index in [0.29, 0.717) is 12.1 Å². The normalized spacial score (nSPS) is 13.6. The molecule has 0 aliphatic heterocycles. The maximum atomic E-state index is 14.3. The molecule has 4 atom stereocenters. The number of hydrogen-bond donors (Lipinski definition) is 5. The lowest BCUT2D eigenvalue weighted by atomic mass is 10.00. The smallest absolute Gasteiger partial charge is 0.408 e. The summed E-state index contributed by atoms with van der Waals surface area (Å²) in [6.45, 7) is 12.9. The number of alkyl carbamates (subject to hydrolysis) is 1. The number of methoxy groups -OCH3 is 1. The molecule has 0 spiro atoms. The average Bonchev–Trinajstić information content (AvgIpc) is 3.59. The highest BCUT2D eigenvalue weighted by Crippen LogP contribution is 2.15. The van der Waals surface area contributed by atoms with Crippen molar-refractivity contribution in [3.8, 4) is 0 Å². The molecule has 62 heavy (non-hydrogen) atoms. The van der Waals surface area contributed by atoms with Crippen LogP contribution in [0.1, 0.15) is 91.5 Å². The van der Waals surface area contributed by atoms with Gasteiger partial charge in [-0.25, -0.2) is 14.6 Å². The van der Waals surface area contributed by atoms with Crippen molar-refractivity contribution in [1.29, 1.82) is 0 Å². The summed E-state index contributed by atoms with van der Waals surface area (Å²) >= 11 is 0. The number of carbonyl (C=O) groups excluding carboxylic acids is 7. The number of benzene rings is 2. The Morgan fingerprint density at radius 1 is 0.645 bits per heavy atom. The second-order valence-electron chi connectivity index (χ2n) is 17.5. The maximum absolute atomic E-state index is 14.3. The average molecular weight is 862 g/mol. The zero-order valence-electron chi connectivity index (χ0n) is 37.5. The summed E-state index contributed by atoms with van der Waals surface area (Å²) in [4.78, 5) is 98.9. The Hall–Kier alpha value is -6.26. The van der Waals surface area contributed by atoms with Crippen molar-refractivity contribution in [3.05, 3.63) is 90.0 Å². The molecule has 0 unspecified atom stereocenters. The van der Waals surface area contributed by atoms with Crippen LogP contribution in [-0.4, -0.2) is 99.2 Å². The van der Waals surface area contributed by atoms with Gasteiger partial charge in [-0.2, -0.15) is 0 Å². The van der Waals surface area contributed by atoms with Gasteiger partial charge in [-0.3, -0.25) is 24.0 Å². The Balaban J connectivity index is 1.90. The SMILES string of the molecule is COC(=O)[C@H](Cc1ccccc1)NC(=O)[C@H](CCc1ccccc1)NC(=O)[C@@H](CCC(=O)OC(C)(C)C)NC(=O)C(C)(C)NC(=O)[C@H](Cc1cncn1C)NC(=O)OC(C)(C)C. The molecule has 0 saturated carbocycles. The van der Waals surface area contributed by atoms with Crippen molar-refractivity contribution in [1.82, 2.24) is 36.1 Å². The number of hydrogen-bond acceptors (Lipinski definition) is 11. The molecular weight excluding hydrogens is 799 g/mol. The molecule has 17 heteroatoms. The zero-order chi connectivity index (χ0) is 46.3. The molecule has 3 aromatic rings. The van der Waals surface area contributed by atoms with Gasteiger partial charge >= 0.3 is 18.0 Å². The number of aromatic nitrogens is 2. The quantitative estimate of drug-likeness (QED) is 0.0818. The molecule has 338 valence electrons. The van der Waals surface area contributed by atoms with E-state index in [0.717, 1.165) is 11.1 Å². The predicted octanol–water partition coefficient (Wildman–Crippen LogP) is 3.38. The molecule has 2 aromatic carbocycles. The fraction of sp³-hybridized carbons (Fsp3) is 0.511. The Morgan fingerprint density at radius 2 is 1.19 bits per heavy atom. The number of ether oxygens (including phenoxy) is 3. The van der Waals surface area contributed by atoms with Gasteiger partial charge in [0.15, 0.2) is 0 Å². The molecule has 1 heterocycles. The number of nitrogens with zero attached hydrogens (tertiary/aromatic N) is 2. The molecule has 0 saturated heterocycles. The summed E-state index contributed by atoms with van der Waals surface area (Å²) in [5.41, 5.74) is -1.15. The number of esters is 2. The Bertz CT molecular complexity index is 1990. The lowest BCUT2D eigenvalue weighted by Gasteiger charge is -2.31. The molecule has 0 aliphatic carbocycles. The molecule has 17 nitrogen and oxygen atoms in total. The molecule has 0 fully saturated rings. The first-order valence-electron chi connectivity index (χ1n) is 20.5. The van der Waals surface area contributed by atoms with Crippen LogP contribution in [0.3, 0.4) is 0 Å². The van der Waals surface area contributed by atoms with Gasteiger partial charge in [0.2, 0.25) is 23.6 Å². The van der Waals surface area contributed by atoms with Crippen molar-refractivity contribution in [3.63, 3.8) is 0 Å². The van der Waals surface area contributed by atoms with E-state index in [2.05, 4.69) is 31.6 Å². The number of rotatable bonds is 20. The van der Waals surface area contributed by atoms with E-state index < -0.39 is 82.6 Å². The molecule has 1 aromatic heterocycles. The first kappa shape index (κ1) is 50.1. The summed E-state index contributed by atoms with van der Waals surface area (Å²) in [5.74, 6) is -4.36. The number of amides is 5. The van der Waals surface area contributed by atoms with Crippen LogP contribution in [0.5, 0.6) is 0 Å². The zero-order valence-corrected chi connectivity index (χ0v) is 37.5. The summed E-state index contributed by atoms with van der Waals surface area (Å²) < 4.78 is 17.5. The molecule has 5 amide bonds. The van der Waals surface area contributed by atoms with Crippen LogP contribution in [0.2, 0.25) is 0 Å². The minimum Gasteiger partial charge on any atom is -0.467 e. The third-order valence-corrected chi connectivity index (χ3v) is 9.30. The van der Waals surface area contributed by atoms with E-state index in [9.17, 15) is 33.6 Å². The van der Waals surface area contributed by atoms with Gasteiger partial charge in [0.05, 0.1) is 13.4 Å². The maximum Gasteiger partial charge on any atom is 0.408 e. The summed E-state index contributed by atoms with van der Waals surface area (Å²) in [6, 6.07) is 13.4. The number of carbonyl (C=O) groups is 7. The molecule has 0 aliphatic rings. The minimum absolute atomic E-state index is 0.00515. The lowest BCUT2D eigenvalue weighted by molar-refractivity contribution is -0.155. The van der Waals surface area contributed by atoms with Crippen molar-refractivity contribution in [2.45, 2.75) is 135 Å². The second kappa shape index (κ2) is 22.5. The summed E-state index contributed by atoms with van der Waals surface area (Å²) in [7, 11) is 2.93. The van der Waals surface area contributed by atoms with Crippen LogP contribution in [0.4, 0.5) is 4.79 Å². The highest BCUT2D eigenvalue weighted by atomic mass is 16.6. The van der Waals surface area contributed by atoms with Gasteiger partial charge in [-0.1, -0.05) is 60.7 Å². The third-order valence-electron chi connectivity index (χ3n) is 9.30. The van der Waals surface area contributed by atoms with E-state index in [1.54, 1.807) is 77.4 Å². The fourth-order valence-electron chi connectivity index (χ4n) is 6.12. The standard InChI is InChI=1S/C45H63N7O10/c1-43(2,3)61-36(53)24-23-33(49-41(58)45(7,8)51-39(56)34(26-31-27-46-28-52(31)9)50-42(59)62-44(4,5)6)38(55)47-32(22-21-29-17-13-11-14-18-29)37(54)48-35(40(57)60-10)25-30-19-15-12-16-20-30/h11-20,27-28,32-35H,21-26H2,1-10H3,(H,47,55)(H,48,54)(H,49,58)(H,50,59)(H,51,56)/t32-,33+,34-,35-/m0/s1. The van der Waals surface area contributed by atoms with Crippen LogP contribution < -0.4 is 26.6 Å². The van der Waals surface area contributed by atoms with Gasteiger partial charge in [0.1, 0.15) is 40.9 Å². The minimum atomic E-state index is -1.70. The molecule has 5 N–H and O–H groups in total. The highest BCUT2D eigenvalue weighted by Gasteiger charge is 2.37. The van der Waals surface area contributed by atoms with E-state index >= 15 is 0 Å². The van der Waals surface area contributed by atoms with E-state index in [4.69, 9.17) is 14.2 Å². The van der Waals surface area contributed by atoms with Gasteiger partial charge in [-0.15, -0.1) is 0 Å². The largest absolute Gasteiger partial charge is 0.467 e. The first-order chi connectivity index (χ1) is 29.0. The van der Waals surface area contributed by atoms with Gasteiger partial charge in [-0.05, 0) is 85.8 Å². The van der Waals surface area contributed by atoms with E-state index in [-0.39, 0.29) is 32.1 Å². The van der Waals surface area contributed by atoms with Crippen LogP contribution >= 0.6 is 0 Å². The number of nitrogens with one attached hydrogen (secondary N) is 5. The van der Waals surface area contributed by atoms with Crippen molar-refractivity contribution >= 4 is 41.7 Å². The monoisotopic (exact) mass is 861 g/mol. The van der Waals surface area contributed by atoms with Crippen molar-refractivity contribution in [2.75, 3.05) is 7.11 Å². The predicted molar refractivity (Wildman–Crippen MR) is 230 cm³/mol. The van der Waals surface area contributed by atoms with Crippen LogP contribution in [0.25, 0.3) is 0 Å². The fourth-order valence-corrected chi connectivity index (χ4v) is 6.12. The van der Waals surface area contributed by atoms with E-state index in [1.165, 1.54) is 33.5 Å². The molecule has 3 rings (SSSR count). The van der Waals surface area contributed by atoms with Crippen LogP contribution in [-0.2, 0) is 69.3 Å². The molecular formula is C45H63N7O10. The van der Waals surface area contributed by atoms with Gasteiger partial charge < -0.3 is 45.4 Å². The van der Waals surface area contributed by atoms with Crippen molar-refractivity contribution in [2.24, 2.45) is 7.05 Å². The molecule has 0 radical (unpaired) electrons. The number of aryl methyl sites for hydroxylation is 2. The Morgan fingerprint density at radius 3 is 1.73 bits per heavy atom. The summed E-state index contributed by atoms with van der Waals surface area (Å²) in [6.07, 6.45) is 2.24. The van der Waals surface area contributed by atoms with Crippen LogP contribution in [0, 0.1) is 0 Å². The number of imidazole rings is 1. The lowest BCUT2D eigenvalue weighted by Crippen LogP contribution is -2.63. The van der Waals surface area contributed by atoms with Crippen molar-refractivity contribution < 1.29 is 47.8 Å². The highest BCUT2D eigenvalue weighted by molar-refractivity contribution is 5.97. The van der Waals surface area contributed by atoms with E-state index in [1.807, 2.05) is 36.4 Å². The second-order valence-corrected chi connectivity index (χ2v) is 17.5. The molecule has 0 bridgehead atoms. The van der Waals surface area contributed by atoms with Crippen LogP contribution in [0.15, 0.2) is 73.2 Å². The topological polar surface area (TPSA) is 225 Å².